The maximum atomic E-state index is 13.4. The lowest BCUT2D eigenvalue weighted by atomic mass is 9.87. The molecule has 5 nitrogen and oxygen atoms in total. The molecule has 1 aliphatic heterocycles. The van der Waals surface area contributed by atoms with Gasteiger partial charge in [0.15, 0.2) is 11.5 Å². The highest BCUT2D eigenvalue weighted by molar-refractivity contribution is 5.95. The predicted molar refractivity (Wildman–Crippen MR) is 129 cm³/mol. The van der Waals surface area contributed by atoms with Gasteiger partial charge in [-0.1, -0.05) is 39.8 Å². The number of benzene rings is 2. The summed E-state index contributed by atoms with van der Waals surface area (Å²) in [6.45, 7) is 8.95. The topological polar surface area (TPSA) is 60.7 Å². The smallest absolute Gasteiger partial charge is 0.395 e. The molecule has 1 fully saturated rings. The molecule has 35 heavy (non-hydrogen) atoms. The fourth-order valence-electron chi connectivity index (χ4n) is 5.04. The molecule has 1 atom stereocenters. The van der Waals surface area contributed by atoms with Crippen molar-refractivity contribution in [3.8, 4) is 11.5 Å². The van der Waals surface area contributed by atoms with E-state index in [4.69, 9.17) is 0 Å². The second kappa shape index (κ2) is 8.05. The van der Waals surface area contributed by atoms with Crippen molar-refractivity contribution in [3.05, 3.63) is 59.3 Å². The van der Waals surface area contributed by atoms with Crippen molar-refractivity contribution in [2.24, 2.45) is 0 Å². The van der Waals surface area contributed by atoms with E-state index in [1.807, 2.05) is 25.1 Å². The van der Waals surface area contributed by atoms with Crippen molar-refractivity contribution in [1.29, 1.82) is 0 Å². The first-order valence-electron chi connectivity index (χ1n) is 12.2. The quantitative estimate of drug-likeness (QED) is 0.456. The van der Waals surface area contributed by atoms with E-state index in [0.29, 0.717) is 31.4 Å². The van der Waals surface area contributed by atoms with E-state index in [0.717, 1.165) is 22.2 Å². The SMILES string of the molecule is CC[C@@H](O)Cn1c(C(C)(C)C)cc2cc(CC(=O)C3(c4ccc5c(c4)OC(F)(F)O5)CC3)ccc21. The number of fused-ring (bicyclic) bond motifs is 2. The normalized spacial score (nSPS) is 18.6. The van der Waals surface area contributed by atoms with Crippen LogP contribution in [0.2, 0.25) is 0 Å². The average Bonchev–Trinajstić information content (AvgIpc) is 3.42. The minimum atomic E-state index is -3.67. The van der Waals surface area contributed by atoms with Gasteiger partial charge in [-0.2, -0.15) is 0 Å². The number of nitrogens with zero attached hydrogens (tertiary/aromatic N) is 1. The van der Waals surface area contributed by atoms with Gasteiger partial charge in [0.1, 0.15) is 5.78 Å². The van der Waals surface area contributed by atoms with E-state index in [1.165, 1.54) is 12.1 Å². The molecule has 2 heterocycles. The van der Waals surface area contributed by atoms with Gasteiger partial charge >= 0.3 is 6.29 Å². The van der Waals surface area contributed by atoms with Crippen molar-refractivity contribution in [2.45, 2.75) is 83.2 Å². The summed E-state index contributed by atoms with van der Waals surface area (Å²) < 4.78 is 38.1. The first-order valence-corrected chi connectivity index (χ1v) is 12.2. The Kier molecular flexibility index (Phi) is 5.47. The molecule has 1 aromatic heterocycles. The highest BCUT2D eigenvalue weighted by Gasteiger charge is 2.52. The van der Waals surface area contributed by atoms with Gasteiger partial charge in [-0.25, -0.2) is 0 Å². The fourth-order valence-corrected chi connectivity index (χ4v) is 5.04. The van der Waals surface area contributed by atoms with E-state index in [2.05, 4.69) is 40.9 Å². The summed E-state index contributed by atoms with van der Waals surface area (Å²) >= 11 is 0. The number of aliphatic hydroxyl groups excluding tert-OH is 1. The van der Waals surface area contributed by atoms with Crippen LogP contribution in [-0.4, -0.2) is 27.9 Å². The average molecular weight is 484 g/mol. The molecule has 7 heteroatoms. The molecular weight excluding hydrogens is 452 g/mol. The number of halogens is 2. The maximum Gasteiger partial charge on any atom is 0.586 e. The molecule has 1 N–H and O–H groups in total. The number of alkyl halides is 2. The Bertz CT molecular complexity index is 1300. The molecule has 1 aliphatic carbocycles. The van der Waals surface area contributed by atoms with E-state index < -0.39 is 17.8 Å². The molecule has 5 rings (SSSR count). The number of carbonyl (C=O) groups excluding carboxylic acids is 1. The molecule has 0 bridgehead atoms. The Morgan fingerprint density at radius 3 is 2.46 bits per heavy atom. The number of Topliss-reactive ketones (excluding diaryl/α,β-unsaturated/α-hetero) is 1. The molecule has 1 saturated carbocycles. The van der Waals surface area contributed by atoms with Gasteiger partial charge in [0.25, 0.3) is 0 Å². The van der Waals surface area contributed by atoms with Crippen LogP contribution < -0.4 is 9.47 Å². The largest absolute Gasteiger partial charge is 0.586 e. The first kappa shape index (κ1) is 23.8. The summed E-state index contributed by atoms with van der Waals surface area (Å²) in [7, 11) is 0. The van der Waals surface area contributed by atoms with E-state index in [1.54, 1.807) is 6.07 Å². The Morgan fingerprint density at radius 1 is 1.09 bits per heavy atom. The summed E-state index contributed by atoms with van der Waals surface area (Å²) in [4.78, 5) is 13.4. The molecule has 0 amide bonds. The van der Waals surface area contributed by atoms with Crippen LogP contribution in [0, 0.1) is 0 Å². The minimum absolute atomic E-state index is 0.0141. The van der Waals surface area contributed by atoms with Crippen LogP contribution in [0.25, 0.3) is 10.9 Å². The van der Waals surface area contributed by atoms with Gasteiger partial charge in [-0.05, 0) is 60.7 Å². The van der Waals surface area contributed by atoms with Crippen LogP contribution in [0.15, 0.2) is 42.5 Å². The van der Waals surface area contributed by atoms with Gasteiger partial charge in [-0.15, -0.1) is 8.78 Å². The number of ether oxygens (including phenoxy) is 2. The maximum absolute atomic E-state index is 13.4. The molecule has 2 aliphatic rings. The third kappa shape index (κ3) is 4.31. The van der Waals surface area contributed by atoms with Gasteiger partial charge in [0.05, 0.1) is 11.5 Å². The van der Waals surface area contributed by atoms with Crippen molar-refractivity contribution >= 4 is 16.7 Å². The molecule has 0 spiro atoms. The van der Waals surface area contributed by atoms with E-state index >= 15 is 0 Å². The lowest BCUT2D eigenvalue weighted by Crippen LogP contribution is -2.26. The summed E-state index contributed by atoms with van der Waals surface area (Å²) in [6.07, 6.45) is -1.80. The third-order valence-corrected chi connectivity index (χ3v) is 7.20. The standard InChI is InChI=1S/C28H31F2NO4/c1-5-20(32)16-31-21-8-6-17(12-18(21)14-24(31)26(2,3)4)13-25(33)27(10-11-27)19-7-9-22-23(15-19)35-28(29,30)34-22/h6-9,12,14-15,20,32H,5,10-11,13,16H2,1-4H3/t20-/m1/s1. The number of aromatic nitrogens is 1. The van der Waals surface area contributed by atoms with Gasteiger partial charge in [-0.3, -0.25) is 4.79 Å². The Balaban J connectivity index is 1.42. The van der Waals surface area contributed by atoms with Crippen LogP contribution in [-0.2, 0) is 28.6 Å². The Hall–Kier alpha value is -2.93. The van der Waals surface area contributed by atoms with Gasteiger partial charge in [0, 0.05) is 35.0 Å². The predicted octanol–water partition coefficient (Wildman–Crippen LogP) is 5.87. The van der Waals surface area contributed by atoms with Crippen molar-refractivity contribution in [2.75, 3.05) is 0 Å². The van der Waals surface area contributed by atoms with Crippen LogP contribution in [0.1, 0.15) is 63.8 Å². The number of aliphatic hydroxyl groups is 1. The zero-order valence-corrected chi connectivity index (χ0v) is 20.5. The fraction of sp³-hybridized carbons (Fsp3) is 0.464. The highest BCUT2D eigenvalue weighted by atomic mass is 19.3. The molecule has 0 saturated heterocycles. The monoisotopic (exact) mass is 483 g/mol. The highest BCUT2D eigenvalue weighted by Crippen LogP contribution is 2.52. The lowest BCUT2D eigenvalue weighted by molar-refractivity contribution is -0.286. The number of hydrogen-bond acceptors (Lipinski definition) is 4. The van der Waals surface area contributed by atoms with Crippen LogP contribution in [0.4, 0.5) is 8.78 Å². The summed E-state index contributed by atoms with van der Waals surface area (Å²) in [5, 5.41) is 11.4. The van der Waals surface area contributed by atoms with E-state index in [-0.39, 0.29) is 29.1 Å². The van der Waals surface area contributed by atoms with Crippen molar-refractivity contribution in [1.82, 2.24) is 4.57 Å². The summed E-state index contributed by atoms with van der Waals surface area (Å²) in [6, 6.07) is 12.8. The van der Waals surface area contributed by atoms with Crippen LogP contribution in [0.3, 0.4) is 0 Å². The van der Waals surface area contributed by atoms with Crippen LogP contribution in [0.5, 0.6) is 11.5 Å². The van der Waals surface area contributed by atoms with Gasteiger partial charge in [0.2, 0.25) is 0 Å². The molecule has 0 unspecified atom stereocenters. The Morgan fingerprint density at radius 2 is 1.80 bits per heavy atom. The second-order valence-electron chi connectivity index (χ2n) is 10.9. The second-order valence-corrected chi connectivity index (χ2v) is 10.9. The number of ketones is 1. The first-order chi connectivity index (χ1) is 16.4. The zero-order chi connectivity index (χ0) is 25.2. The molecule has 0 radical (unpaired) electrons. The number of hydrogen-bond donors (Lipinski definition) is 1. The minimum Gasteiger partial charge on any atom is -0.395 e. The molecule has 2 aromatic carbocycles. The molecule has 186 valence electrons. The van der Waals surface area contributed by atoms with Crippen LogP contribution >= 0.6 is 0 Å². The van der Waals surface area contributed by atoms with Gasteiger partial charge < -0.3 is 19.1 Å². The van der Waals surface area contributed by atoms with Crippen molar-refractivity contribution in [3.63, 3.8) is 0 Å². The molecular formula is C28H31F2NO4. The third-order valence-electron chi connectivity index (χ3n) is 7.20. The number of rotatable bonds is 7. The summed E-state index contributed by atoms with van der Waals surface area (Å²) in [5.41, 5.74) is 3.01. The van der Waals surface area contributed by atoms with Crippen molar-refractivity contribution < 1.29 is 28.2 Å². The van der Waals surface area contributed by atoms with E-state index in [9.17, 15) is 18.7 Å². The zero-order valence-electron chi connectivity index (χ0n) is 20.5. The molecule has 3 aromatic rings. The lowest BCUT2D eigenvalue weighted by Gasteiger charge is -2.23. The summed E-state index contributed by atoms with van der Waals surface area (Å²) in [5.74, 6) is 0.0254. The number of carbonyl (C=O) groups is 1. The Labute approximate surface area is 203 Å².